The zero-order valence-electron chi connectivity index (χ0n) is 24.4. The summed E-state index contributed by atoms with van der Waals surface area (Å²) in [5.41, 5.74) is 1.27. The molecule has 0 amide bonds. The van der Waals surface area contributed by atoms with Crippen molar-refractivity contribution in [3.05, 3.63) is 107 Å². The van der Waals surface area contributed by atoms with Crippen molar-refractivity contribution in [3.8, 4) is 0 Å². The summed E-state index contributed by atoms with van der Waals surface area (Å²) in [6.07, 6.45) is 1.20. The van der Waals surface area contributed by atoms with Gasteiger partial charge < -0.3 is 10.2 Å². The first-order valence-electron chi connectivity index (χ1n) is 12.8. The number of rotatable bonds is 2. The van der Waals surface area contributed by atoms with Gasteiger partial charge in [0.25, 0.3) is 0 Å². The molecule has 0 bridgehead atoms. The van der Waals surface area contributed by atoms with Crippen molar-refractivity contribution >= 4 is 0 Å². The van der Waals surface area contributed by atoms with Crippen LogP contribution in [0.25, 0.3) is 0 Å². The molecule has 4 rings (SSSR count). The second kappa shape index (κ2) is 14.4. The second-order valence-corrected chi connectivity index (χ2v) is 10.5. The molecule has 0 saturated heterocycles. The van der Waals surface area contributed by atoms with Crippen LogP contribution >= 0.6 is 0 Å². The third-order valence-corrected chi connectivity index (χ3v) is 8.90. The minimum Gasteiger partial charge on any atom is -0.509 e. The number of hydrogen-bond donors (Lipinski definition) is 2. The maximum Gasteiger partial charge on any atom is 2.00 e. The first kappa shape index (κ1) is 33.3. The van der Waals surface area contributed by atoms with Gasteiger partial charge in [-0.25, -0.2) is 0 Å². The van der Waals surface area contributed by atoms with Gasteiger partial charge in [0.1, 0.15) is 11.5 Å². The number of benzene rings is 1. The van der Waals surface area contributed by atoms with E-state index >= 15 is 0 Å². The Bertz CT molecular complexity index is 672. The molecule has 0 heterocycles. The predicted molar refractivity (Wildman–Crippen MR) is 149 cm³/mol. The Morgan fingerprint density at radius 3 is 1.03 bits per heavy atom. The normalized spacial score (nSPS) is 24.0. The minimum atomic E-state index is 0. The van der Waals surface area contributed by atoms with Crippen LogP contribution in [0.15, 0.2) is 41.9 Å². The Kier molecular flexibility index (Phi) is 13.4. The molecule has 3 aliphatic carbocycles. The molecule has 2 saturated carbocycles. The zero-order chi connectivity index (χ0) is 26.6. The standard InChI is InChI=1S/C13H16O2.2C10H15.Ti/c1-9(10-5-3-2-4-6-10)11-7-12(14)13(15)8-11;2*1-6-7(2)9(4)10(5)8(6)3;/h2-6,9,11,14-15H,7-8H2,1H3;2*1-5H3;/q;;;+2. The molecular formula is C33H46O2Ti+2. The van der Waals surface area contributed by atoms with Gasteiger partial charge in [0.15, 0.2) is 0 Å². The fraction of sp³-hybridized carbons (Fsp3) is 0.455. The Hall–Kier alpha value is -0.726. The number of aliphatic hydroxyl groups is 2. The van der Waals surface area contributed by atoms with Crippen molar-refractivity contribution in [2.75, 3.05) is 0 Å². The van der Waals surface area contributed by atoms with Crippen molar-refractivity contribution in [2.24, 2.45) is 5.92 Å². The summed E-state index contributed by atoms with van der Waals surface area (Å²) in [5.74, 6) is 15.7. The second-order valence-electron chi connectivity index (χ2n) is 10.5. The molecular weight excluding hydrogens is 476 g/mol. The number of aliphatic hydroxyl groups excluding tert-OH is 2. The van der Waals surface area contributed by atoms with Crippen LogP contribution in [0.2, 0.25) is 0 Å². The number of allylic oxidation sites excluding steroid dienone is 2. The van der Waals surface area contributed by atoms with Gasteiger partial charge in [-0.2, -0.15) is 0 Å². The molecule has 0 aromatic heterocycles. The molecule has 10 radical (unpaired) electrons. The van der Waals surface area contributed by atoms with E-state index in [2.05, 4.69) is 88.3 Å². The monoisotopic (exact) mass is 522 g/mol. The summed E-state index contributed by atoms with van der Waals surface area (Å²) in [7, 11) is 0. The van der Waals surface area contributed by atoms with E-state index in [-0.39, 0.29) is 33.2 Å². The van der Waals surface area contributed by atoms with Crippen LogP contribution in [0.1, 0.15) is 100 Å². The fourth-order valence-electron chi connectivity index (χ4n) is 5.00. The molecule has 0 spiro atoms. The molecule has 1 aromatic rings. The largest absolute Gasteiger partial charge is 2.00 e. The maximum atomic E-state index is 9.39. The Balaban J connectivity index is 0.000000276. The van der Waals surface area contributed by atoms with Crippen LogP contribution in [0, 0.1) is 65.1 Å². The van der Waals surface area contributed by atoms with Crippen molar-refractivity contribution in [2.45, 2.75) is 94.9 Å². The molecule has 3 aliphatic rings. The summed E-state index contributed by atoms with van der Waals surface area (Å²) in [5, 5.41) is 18.8. The van der Waals surface area contributed by atoms with Gasteiger partial charge in [-0.3, -0.25) is 0 Å². The number of hydrogen-bond acceptors (Lipinski definition) is 2. The quantitative estimate of drug-likeness (QED) is 0.380. The Morgan fingerprint density at radius 1 is 0.528 bits per heavy atom. The molecule has 2 N–H and O–H groups in total. The van der Waals surface area contributed by atoms with Gasteiger partial charge in [-0.15, -0.1) is 0 Å². The van der Waals surface area contributed by atoms with Crippen LogP contribution in [0.4, 0.5) is 0 Å². The van der Waals surface area contributed by atoms with Crippen LogP contribution < -0.4 is 0 Å². The minimum absolute atomic E-state index is 0. The van der Waals surface area contributed by atoms with Crippen LogP contribution in [-0.4, -0.2) is 10.2 Å². The van der Waals surface area contributed by atoms with Crippen molar-refractivity contribution in [1.82, 2.24) is 0 Å². The van der Waals surface area contributed by atoms with Gasteiger partial charge in [-0.05, 0) is 76.6 Å². The molecule has 0 aliphatic heterocycles. The third-order valence-electron chi connectivity index (χ3n) is 8.90. The van der Waals surface area contributed by atoms with Crippen LogP contribution in [0.3, 0.4) is 0 Å². The Labute approximate surface area is 238 Å². The van der Waals surface area contributed by atoms with Gasteiger partial charge in [0.05, 0.1) is 0 Å². The van der Waals surface area contributed by atoms with E-state index < -0.39 is 0 Å². The SMILES string of the molecule is CC(c1ccccc1)C1CC(O)=C(O)C1.C[C]1[C](C)[C](C)[C](C)[C]1C.C[C]1[C](C)[C](C)[C](C)[C]1C.[Ti+2]. The van der Waals surface area contributed by atoms with Crippen molar-refractivity contribution in [1.29, 1.82) is 0 Å². The van der Waals surface area contributed by atoms with E-state index in [1.807, 2.05) is 18.2 Å². The van der Waals surface area contributed by atoms with E-state index in [0.717, 1.165) is 0 Å². The molecule has 1 atom stereocenters. The molecule has 192 valence electrons. The fourth-order valence-corrected chi connectivity index (χ4v) is 5.00. The molecule has 1 unspecified atom stereocenters. The molecule has 3 heteroatoms. The van der Waals surface area contributed by atoms with Gasteiger partial charge in [0.2, 0.25) is 0 Å². The van der Waals surface area contributed by atoms with Gasteiger partial charge in [-0.1, -0.05) is 106 Å². The smallest absolute Gasteiger partial charge is 0.509 e. The Morgan fingerprint density at radius 2 is 0.778 bits per heavy atom. The van der Waals surface area contributed by atoms with Crippen molar-refractivity contribution < 1.29 is 31.9 Å². The third kappa shape index (κ3) is 7.66. The zero-order valence-corrected chi connectivity index (χ0v) is 25.9. The first-order valence-corrected chi connectivity index (χ1v) is 12.8. The summed E-state index contributed by atoms with van der Waals surface area (Å²) in [6, 6.07) is 10.2. The topological polar surface area (TPSA) is 40.5 Å². The van der Waals surface area contributed by atoms with E-state index in [1.54, 1.807) is 0 Å². The van der Waals surface area contributed by atoms with E-state index in [4.69, 9.17) is 0 Å². The van der Waals surface area contributed by atoms with Gasteiger partial charge in [0, 0.05) is 12.8 Å². The summed E-state index contributed by atoms with van der Waals surface area (Å²) in [4.78, 5) is 0. The van der Waals surface area contributed by atoms with Crippen LogP contribution in [-0.2, 0) is 21.7 Å². The summed E-state index contributed by atoms with van der Waals surface area (Å²) >= 11 is 0. The first-order chi connectivity index (χ1) is 16.3. The molecule has 1 aromatic carbocycles. The molecule has 2 fully saturated rings. The summed E-state index contributed by atoms with van der Waals surface area (Å²) in [6.45, 7) is 24.1. The molecule has 2 nitrogen and oxygen atoms in total. The maximum absolute atomic E-state index is 9.39. The average molecular weight is 523 g/mol. The van der Waals surface area contributed by atoms with E-state index in [0.29, 0.717) is 24.7 Å². The van der Waals surface area contributed by atoms with Crippen molar-refractivity contribution in [3.63, 3.8) is 0 Å². The molecule has 36 heavy (non-hydrogen) atoms. The summed E-state index contributed by atoms with van der Waals surface area (Å²) < 4.78 is 0. The predicted octanol–water partition coefficient (Wildman–Crippen LogP) is 9.47. The van der Waals surface area contributed by atoms with Gasteiger partial charge >= 0.3 is 21.7 Å². The van der Waals surface area contributed by atoms with E-state index in [1.165, 1.54) is 64.7 Å². The average Bonchev–Trinajstić information content (AvgIpc) is 3.35. The van der Waals surface area contributed by atoms with E-state index in [9.17, 15) is 10.2 Å². The van der Waals surface area contributed by atoms with Crippen LogP contribution in [0.5, 0.6) is 0 Å².